The van der Waals surface area contributed by atoms with Gasteiger partial charge < -0.3 is 23.4 Å². The molecule has 0 saturated carbocycles. The molecule has 0 N–H and O–H groups in total. The summed E-state index contributed by atoms with van der Waals surface area (Å²) >= 11 is 2.49. The number of carbonyl (C=O) groups excluding carboxylic acids is 1. The lowest BCUT2D eigenvalue weighted by Gasteiger charge is -2.26. The second-order valence-electron chi connectivity index (χ2n) is 9.45. The maximum absolute atomic E-state index is 14.0. The number of benzene rings is 1. The summed E-state index contributed by atoms with van der Waals surface area (Å²) in [4.78, 5) is 41.2. The Morgan fingerprint density at radius 3 is 2.33 bits per heavy atom. The highest BCUT2D eigenvalue weighted by atomic mass is 32.2. The van der Waals surface area contributed by atoms with Crippen molar-refractivity contribution in [2.24, 2.45) is 4.99 Å². The molecule has 1 aliphatic heterocycles. The molecule has 0 fully saturated rings. The molecule has 4 heterocycles. The summed E-state index contributed by atoms with van der Waals surface area (Å²) in [6.07, 6.45) is 1.66. The van der Waals surface area contributed by atoms with E-state index in [1.165, 1.54) is 49.0 Å². The first kappa shape index (κ1) is 30.1. The Morgan fingerprint density at radius 2 is 1.72 bits per heavy atom. The third-order valence-corrected chi connectivity index (χ3v) is 8.32. The summed E-state index contributed by atoms with van der Waals surface area (Å²) < 4.78 is 29.9. The minimum Gasteiger partial charge on any atom is -0.493 e. The molecule has 1 aliphatic rings. The van der Waals surface area contributed by atoms with Crippen LogP contribution >= 0.6 is 23.1 Å². The molecule has 3 aromatic heterocycles. The lowest BCUT2D eigenvalue weighted by molar-refractivity contribution is -0.139. The molecule has 4 aromatic rings. The van der Waals surface area contributed by atoms with Gasteiger partial charge in [0.05, 0.1) is 49.8 Å². The van der Waals surface area contributed by atoms with Gasteiger partial charge in [0.25, 0.3) is 5.56 Å². The van der Waals surface area contributed by atoms with Crippen molar-refractivity contribution in [3.05, 3.63) is 84.0 Å². The number of esters is 1. The highest BCUT2D eigenvalue weighted by Crippen LogP contribution is 2.42. The molecule has 13 heteroatoms. The van der Waals surface area contributed by atoms with Gasteiger partial charge >= 0.3 is 5.97 Å². The van der Waals surface area contributed by atoms with E-state index in [1.807, 2.05) is 19.9 Å². The molecule has 0 bridgehead atoms. The molecule has 0 radical (unpaired) electrons. The largest absolute Gasteiger partial charge is 0.493 e. The predicted octanol–water partition coefficient (Wildman–Crippen LogP) is 3.98. The highest BCUT2D eigenvalue weighted by Gasteiger charge is 2.34. The Balaban J connectivity index is 1.63. The molecule has 0 amide bonds. The maximum atomic E-state index is 14.0. The number of aryl methyl sites for hydroxylation is 2. The molecule has 0 unspecified atom stereocenters. The van der Waals surface area contributed by atoms with Crippen molar-refractivity contribution in [3.8, 4) is 17.2 Å². The number of rotatable bonds is 9. The monoisotopic (exact) mass is 622 g/mol. The van der Waals surface area contributed by atoms with Crippen LogP contribution in [-0.4, -0.2) is 48.4 Å². The number of hydrogen-bond acceptors (Lipinski definition) is 12. The van der Waals surface area contributed by atoms with E-state index in [9.17, 15) is 9.59 Å². The van der Waals surface area contributed by atoms with Crippen LogP contribution in [0.3, 0.4) is 0 Å². The van der Waals surface area contributed by atoms with Crippen LogP contribution in [-0.2, 0) is 9.53 Å². The molecule has 0 spiro atoms. The third kappa shape index (κ3) is 5.95. The predicted molar refractivity (Wildman–Crippen MR) is 161 cm³/mol. The summed E-state index contributed by atoms with van der Waals surface area (Å²) in [7, 11) is 4.51. The van der Waals surface area contributed by atoms with Crippen molar-refractivity contribution in [2.45, 2.75) is 44.0 Å². The summed E-state index contributed by atoms with van der Waals surface area (Å²) in [5.74, 6) is 1.05. The number of hydrogen-bond donors (Lipinski definition) is 0. The van der Waals surface area contributed by atoms with E-state index >= 15 is 0 Å². The van der Waals surface area contributed by atoms with E-state index < -0.39 is 12.0 Å². The Kier molecular flexibility index (Phi) is 8.74. The number of carbonyl (C=O) groups is 1. The van der Waals surface area contributed by atoms with Gasteiger partial charge in [-0.05, 0) is 75.4 Å². The van der Waals surface area contributed by atoms with E-state index in [0.717, 1.165) is 11.4 Å². The molecule has 11 nitrogen and oxygen atoms in total. The normalized spacial score (nSPS) is 14.8. The molecule has 1 aromatic carbocycles. The molecular weight excluding hydrogens is 592 g/mol. The maximum Gasteiger partial charge on any atom is 0.338 e. The first-order valence-electron chi connectivity index (χ1n) is 13.3. The van der Waals surface area contributed by atoms with Crippen LogP contribution in [0.2, 0.25) is 0 Å². The smallest absolute Gasteiger partial charge is 0.338 e. The van der Waals surface area contributed by atoms with Crippen molar-refractivity contribution in [1.29, 1.82) is 0 Å². The second kappa shape index (κ2) is 12.5. The van der Waals surface area contributed by atoms with E-state index in [-0.39, 0.29) is 17.7 Å². The van der Waals surface area contributed by atoms with Crippen molar-refractivity contribution in [3.63, 3.8) is 0 Å². The van der Waals surface area contributed by atoms with Gasteiger partial charge in [-0.15, -0.1) is 0 Å². The summed E-state index contributed by atoms with van der Waals surface area (Å²) in [5, 5.41) is 1.16. The van der Waals surface area contributed by atoms with Crippen molar-refractivity contribution >= 4 is 35.1 Å². The zero-order valence-electron chi connectivity index (χ0n) is 24.7. The molecule has 0 aliphatic carbocycles. The van der Waals surface area contributed by atoms with Crippen LogP contribution < -0.4 is 29.1 Å². The molecule has 43 heavy (non-hydrogen) atoms. The lowest BCUT2D eigenvalue weighted by atomic mass is 9.95. The number of nitrogens with zero attached hydrogens (tertiary/aromatic N) is 4. The van der Waals surface area contributed by atoms with Crippen LogP contribution in [0.25, 0.3) is 6.08 Å². The third-order valence-electron chi connectivity index (χ3n) is 6.55. The van der Waals surface area contributed by atoms with Gasteiger partial charge in [-0.1, -0.05) is 11.3 Å². The minimum absolute atomic E-state index is 0.161. The Labute approximate surface area is 255 Å². The first-order valence-corrected chi connectivity index (χ1v) is 14.9. The molecule has 5 rings (SSSR count). The topological polar surface area (TPSA) is 127 Å². The number of thiazole rings is 1. The molecule has 224 valence electrons. The number of allylic oxidation sites excluding steroid dienone is 1. The van der Waals surface area contributed by atoms with E-state index in [4.69, 9.17) is 23.4 Å². The van der Waals surface area contributed by atoms with Gasteiger partial charge in [-0.2, -0.15) is 0 Å². The lowest BCUT2D eigenvalue weighted by Crippen LogP contribution is -2.40. The van der Waals surface area contributed by atoms with Crippen LogP contribution in [0, 0.1) is 13.8 Å². The Hall–Kier alpha value is -4.36. The highest BCUT2D eigenvalue weighted by molar-refractivity contribution is 7.99. The van der Waals surface area contributed by atoms with Crippen LogP contribution in [0.15, 0.2) is 66.1 Å². The fourth-order valence-corrected chi connectivity index (χ4v) is 6.65. The van der Waals surface area contributed by atoms with Crippen LogP contribution in [0.4, 0.5) is 0 Å². The van der Waals surface area contributed by atoms with Gasteiger partial charge in [-0.3, -0.25) is 9.36 Å². The van der Waals surface area contributed by atoms with Crippen molar-refractivity contribution in [2.75, 3.05) is 27.9 Å². The van der Waals surface area contributed by atoms with Gasteiger partial charge in [0.15, 0.2) is 26.5 Å². The molecular formula is C30H30N4O7S2. The summed E-state index contributed by atoms with van der Waals surface area (Å²) in [6, 6.07) is 8.04. The van der Waals surface area contributed by atoms with Gasteiger partial charge in [0.1, 0.15) is 5.76 Å². The van der Waals surface area contributed by atoms with E-state index in [2.05, 4.69) is 15.0 Å². The van der Waals surface area contributed by atoms with E-state index in [1.54, 1.807) is 44.2 Å². The van der Waals surface area contributed by atoms with Crippen molar-refractivity contribution in [1.82, 2.24) is 14.5 Å². The standard InChI is InChI=1S/C30H30N4O7S2/c1-8-40-28(36)24-17(4)33-30-34(25(24)18-12-20(37-5)26(39-7)21(13-18)38-6)27(35)22(42-30)14-19-9-10-23(41-19)43-29-31-15(2)11-16(3)32-29/h9-14,25H,8H2,1-7H3/b22-14+/t25-/m1/s1. The molecule has 1 atom stereocenters. The fourth-order valence-electron chi connectivity index (χ4n) is 4.79. The zero-order valence-corrected chi connectivity index (χ0v) is 26.3. The second-order valence-corrected chi connectivity index (χ2v) is 11.4. The van der Waals surface area contributed by atoms with Crippen LogP contribution in [0.1, 0.15) is 42.6 Å². The van der Waals surface area contributed by atoms with Gasteiger partial charge in [-0.25, -0.2) is 19.8 Å². The number of ether oxygens (including phenoxy) is 4. The number of aromatic nitrogens is 3. The summed E-state index contributed by atoms with van der Waals surface area (Å²) in [6.45, 7) is 7.42. The average molecular weight is 623 g/mol. The van der Waals surface area contributed by atoms with Gasteiger partial charge in [0.2, 0.25) is 5.75 Å². The quantitative estimate of drug-likeness (QED) is 0.200. The van der Waals surface area contributed by atoms with Gasteiger partial charge in [0, 0.05) is 17.5 Å². The van der Waals surface area contributed by atoms with Crippen LogP contribution in [0.5, 0.6) is 17.2 Å². The molecule has 0 saturated heterocycles. The van der Waals surface area contributed by atoms with E-state index in [0.29, 0.717) is 53.9 Å². The Morgan fingerprint density at radius 1 is 1.05 bits per heavy atom. The zero-order chi connectivity index (χ0) is 30.8. The fraction of sp³-hybridized carbons (Fsp3) is 0.300. The number of fused-ring (bicyclic) bond motifs is 1. The summed E-state index contributed by atoms with van der Waals surface area (Å²) in [5.41, 5.74) is 2.61. The first-order chi connectivity index (χ1) is 20.7. The average Bonchev–Trinajstić information content (AvgIpc) is 3.53. The number of methoxy groups -OCH3 is 3. The Bertz CT molecular complexity index is 1880. The van der Waals surface area contributed by atoms with Crippen molar-refractivity contribution < 1.29 is 28.2 Å². The minimum atomic E-state index is -0.865. The number of furan rings is 1. The SMILES string of the molecule is CCOC(=O)C1=C(C)N=c2s/c(=C/c3ccc(Sc4nc(C)cc(C)n4)o3)c(=O)n2[C@@H]1c1cc(OC)c(OC)c(OC)c1.